The van der Waals surface area contributed by atoms with Gasteiger partial charge in [-0.25, -0.2) is 5.43 Å². The van der Waals surface area contributed by atoms with Gasteiger partial charge in [-0.3, -0.25) is 14.6 Å². The predicted molar refractivity (Wildman–Crippen MR) is 112 cm³/mol. The summed E-state index contributed by atoms with van der Waals surface area (Å²) in [5.41, 5.74) is 5.67. The number of ether oxygens (including phenoxy) is 1. The minimum atomic E-state index is -0.0845. The molecule has 148 valence electrons. The van der Waals surface area contributed by atoms with E-state index in [2.05, 4.69) is 44.6 Å². The Balaban J connectivity index is 1.43. The summed E-state index contributed by atoms with van der Waals surface area (Å²) in [5, 5.41) is 4.23. The fourth-order valence-corrected chi connectivity index (χ4v) is 3.24. The molecule has 28 heavy (non-hydrogen) atoms. The number of methoxy groups -OCH3 is 1. The van der Waals surface area contributed by atoms with Crippen LogP contribution in [0.1, 0.15) is 18.1 Å². The van der Waals surface area contributed by atoms with Crippen molar-refractivity contribution in [3.63, 3.8) is 0 Å². The van der Waals surface area contributed by atoms with E-state index in [0.717, 1.165) is 49.7 Å². The Morgan fingerprint density at radius 1 is 1.04 bits per heavy atom. The number of piperazine rings is 1. The van der Waals surface area contributed by atoms with Gasteiger partial charge >= 0.3 is 0 Å². The van der Waals surface area contributed by atoms with Crippen molar-refractivity contribution in [1.29, 1.82) is 0 Å². The zero-order valence-corrected chi connectivity index (χ0v) is 16.6. The molecule has 0 unspecified atom stereocenters. The standard InChI is InChI=1S/C22H28N4O2/c1-18(20-9-6-10-21(15-20)28-2)23-24-22(27)17-26-13-11-25(12-14-26)16-19-7-4-3-5-8-19/h3-10,15H,11-14,16-17H2,1-2H3,(H,24,27). The van der Waals surface area contributed by atoms with Gasteiger partial charge < -0.3 is 4.74 Å². The van der Waals surface area contributed by atoms with Crippen LogP contribution in [-0.2, 0) is 11.3 Å². The van der Waals surface area contributed by atoms with E-state index in [9.17, 15) is 4.79 Å². The number of benzene rings is 2. The largest absolute Gasteiger partial charge is 0.497 e. The molecule has 1 amide bonds. The van der Waals surface area contributed by atoms with Gasteiger partial charge in [0.25, 0.3) is 5.91 Å². The van der Waals surface area contributed by atoms with Gasteiger partial charge in [0.05, 0.1) is 19.4 Å². The van der Waals surface area contributed by atoms with Crippen LogP contribution < -0.4 is 10.2 Å². The third kappa shape index (κ3) is 5.90. The smallest absolute Gasteiger partial charge is 0.254 e. The summed E-state index contributed by atoms with van der Waals surface area (Å²) in [6.07, 6.45) is 0. The minimum Gasteiger partial charge on any atom is -0.497 e. The predicted octanol–water partition coefficient (Wildman–Crippen LogP) is 2.35. The van der Waals surface area contributed by atoms with Gasteiger partial charge in [0.1, 0.15) is 5.75 Å². The number of carbonyl (C=O) groups excluding carboxylic acids is 1. The fraction of sp³-hybridized carbons (Fsp3) is 0.364. The second-order valence-electron chi connectivity index (χ2n) is 7.00. The Hall–Kier alpha value is -2.70. The zero-order valence-electron chi connectivity index (χ0n) is 16.6. The molecule has 1 N–H and O–H groups in total. The summed E-state index contributed by atoms with van der Waals surface area (Å²) in [7, 11) is 1.63. The van der Waals surface area contributed by atoms with Crippen LogP contribution in [0.25, 0.3) is 0 Å². The van der Waals surface area contributed by atoms with Gasteiger partial charge in [-0.15, -0.1) is 0 Å². The van der Waals surface area contributed by atoms with E-state index in [-0.39, 0.29) is 5.91 Å². The first kappa shape index (κ1) is 20.0. The molecule has 0 atom stereocenters. The van der Waals surface area contributed by atoms with Gasteiger partial charge in [0.15, 0.2) is 0 Å². The maximum Gasteiger partial charge on any atom is 0.254 e. The van der Waals surface area contributed by atoms with Gasteiger partial charge in [0.2, 0.25) is 0 Å². The van der Waals surface area contributed by atoms with E-state index in [1.165, 1.54) is 5.56 Å². The average Bonchev–Trinajstić information content (AvgIpc) is 2.74. The highest BCUT2D eigenvalue weighted by molar-refractivity contribution is 5.99. The highest BCUT2D eigenvalue weighted by Gasteiger charge is 2.18. The van der Waals surface area contributed by atoms with E-state index >= 15 is 0 Å². The highest BCUT2D eigenvalue weighted by atomic mass is 16.5. The van der Waals surface area contributed by atoms with Crippen LogP contribution in [0.2, 0.25) is 0 Å². The molecule has 0 radical (unpaired) electrons. The second-order valence-corrected chi connectivity index (χ2v) is 7.00. The Labute approximate surface area is 166 Å². The van der Waals surface area contributed by atoms with Crippen molar-refractivity contribution < 1.29 is 9.53 Å². The Morgan fingerprint density at radius 2 is 1.75 bits per heavy atom. The van der Waals surface area contributed by atoms with Crippen LogP contribution in [-0.4, -0.2) is 61.3 Å². The number of nitrogens with one attached hydrogen (secondary N) is 1. The molecule has 1 fully saturated rings. The lowest BCUT2D eigenvalue weighted by atomic mass is 10.1. The molecule has 2 aromatic rings. The summed E-state index contributed by atoms with van der Waals surface area (Å²) in [5.74, 6) is 0.686. The number of hydrazone groups is 1. The Morgan fingerprint density at radius 3 is 2.46 bits per heavy atom. The maximum atomic E-state index is 12.2. The Kier molecular flexibility index (Phi) is 7.17. The molecule has 0 aromatic heterocycles. The average molecular weight is 380 g/mol. The monoisotopic (exact) mass is 380 g/mol. The van der Waals surface area contributed by atoms with Gasteiger partial charge in [-0.2, -0.15) is 5.10 Å². The molecular weight excluding hydrogens is 352 g/mol. The van der Waals surface area contributed by atoms with Crippen molar-refractivity contribution in [3.05, 3.63) is 65.7 Å². The lowest BCUT2D eigenvalue weighted by Gasteiger charge is -2.34. The van der Waals surface area contributed by atoms with Crippen molar-refractivity contribution in [2.45, 2.75) is 13.5 Å². The quantitative estimate of drug-likeness (QED) is 0.592. The molecule has 1 saturated heterocycles. The van der Waals surface area contributed by atoms with Crippen LogP contribution in [0.5, 0.6) is 5.75 Å². The van der Waals surface area contributed by atoms with E-state index in [0.29, 0.717) is 6.54 Å². The number of hydrogen-bond acceptors (Lipinski definition) is 5. The molecule has 1 heterocycles. The van der Waals surface area contributed by atoms with E-state index in [4.69, 9.17) is 4.74 Å². The molecule has 6 heteroatoms. The Bertz CT molecular complexity index is 799. The molecule has 3 rings (SSSR count). The van der Waals surface area contributed by atoms with Crippen molar-refractivity contribution in [1.82, 2.24) is 15.2 Å². The van der Waals surface area contributed by atoms with Crippen molar-refractivity contribution in [3.8, 4) is 5.75 Å². The maximum absolute atomic E-state index is 12.2. The van der Waals surface area contributed by atoms with Crippen LogP contribution >= 0.6 is 0 Å². The lowest BCUT2D eigenvalue weighted by Crippen LogP contribution is -2.48. The summed E-state index contributed by atoms with van der Waals surface area (Å²) in [4.78, 5) is 16.8. The molecule has 1 aliphatic heterocycles. The van der Waals surface area contributed by atoms with E-state index in [1.54, 1.807) is 7.11 Å². The normalized spacial score (nSPS) is 16.0. The minimum absolute atomic E-state index is 0.0845. The van der Waals surface area contributed by atoms with Crippen molar-refractivity contribution in [2.24, 2.45) is 5.10 Å². The van der Waals surface area contributed by atoms with Crippen LogP contribution in [0.4, 0.5) is 0 Å². The van der Waals surface area contributed by atoms with Crippen LogP contribution in [0.15, 0.2) is 59.7 Å². The first-order chi connectivity index (χ1) is 13.6. The number of amides is 1. The number of rotatable bonds is 7. The molecule has 0 bridgehead atoms. The van der Waals surface area contributed by atoms with Gasteiger partial charge in [-0.1, -0.05) is 42.5 Å². The third-order valence-electron chi connectivity index (χ3n) is 4.92. The summed E-state index contributed by atoms with van der Waals surface area (Å²) < 4.78 is 5.22. The van der Waals surface area contributed by atoms with E-state index in [1.807, 2.05) is 37.3 Å². The molecule has 0 spiro atoms. The van der Waals surface area contributed by atoms with E-state index < -0.39 is 0 Å². The zero-order chi connectivity index (χ0) is 19.8. The van der Waals surface area contributed by atoms with Gasteiger partial charge in [-0.05, 0) is 24.6 Å². The molecular formula is C22H28N4O2. The third-order valence-corrected chi connectivity index (χ3v) is 4.92. The number of carbonyl (C=O) groups is 1. The van der Waals surface area contributed by atoms with Gasteiger partial charge in [0, 0.05) is 38.3 Å². The first-order valence-electron chi connectivity index (χ1n) is 9.60. The number of nitrogens with zero attached hydrogens (tertiary/aromatic N) is 3. The molecule has 6 nitrogen and oxygen atoms in total. The summed E-state index contributed by atoms with van der Waals surface area (Å²) in [6, 6.07) is 18.1. The second kappa shape index (κ2) is 10.0. The van der Waals surface area contributed by atoms with Crippen molar-refractivity contribution in [2.75, 3.05) is 39.8 Å². The molecule has 0 aliphatic carbocycles. The fourth-order valence-electron chi connectivity index (χ4n) is 3.24. The first-order valence-corrected chi connectivity index (χ1v) is 9.60. The summed E-state index contributed by atoms with van der Waals surface area (Å²) in [6.45, 7) is 6.91. The SMILES string of the molecule is COc1cccc(C(C)=NNC(=O)CN2CCN(Cc3ccccc3)CC2)c1. The van der Waals surface area contributed by atoms with Crippen molar-refractivity contribution >= 4 is 11.6 Å². The summed E-state index contributed by atoms with van der Waals surface area (Å²) >= 11 is 0. The lowest BCUT2D eigenvalue weighted by molar-refractivity contribution is -0.122. The molecule has 0 saturated carbocycles. The van der Waals surface area contributed by atoms with Crippen LogP contribution in [0, 0.1) is 0 Å². The van der Waals surface area contributed by atoms with Crippen LogP contribution in [0.3, 0.4) is 0 Å². The highest BCUT2D eigenvalue weighted by Crippen LogP contribution is 2.13. The molecule has 1 aliphatic rings. The molecule has 2 aromatic carbocycles. The topological polar surface area (TPSA) is 57.2 Å². The number of hydrogen-bond donors (Lipinski definition) is 1.